The normalized spacial score (nSPS) is 21.1. The van der Waals surface area contributed by atoms with E-state index in [1.807, 2.05) is 13.8 Å². The van der Waals surface area contributed by atoms with Crippen molar-refractivity contribution in [3.05, 3.63) is 29.8 Å². The summed E-state index contributed by atoms with van der Waals surface area (Å²) in [4.78, 5) is 26.7. The lowest BCUT2D eigenvalue weighted by molar-refractivity contribution is -0.125. The lowest BCUT2D eigenvalue weighted by atomic mass is 10.0. The van der Waals surface area contributed by atoms with Crippen LogP contribution < -0.4 is 5.32 Å². The lowest BCUT2D eigenvalue weighted by Crippen LogP contribution is -2.50. The molecule has 0 saturated carbocycles. The summed E-state index contributed by atoms with van der Waals surface area (Å²) in [7, 11) is -3.48. The molecule has 0 bridgehead atoms. The second-order valence-electron chi connectivity index (χ2n) is 7.89. The Balaban J connectivity index is 1.66. The van der Waals surface area contributed by atoms with Crippen molar-refractivity contribution in [2.24, 2.45) is 5.92 Å². The van der Waals surface area contributed by atoms with Crippen molar-refractivity contribution >= 4 is 21.8 Å². The molecular weight excluding hydrogens is 378 g/mol. The van der Waals surface area contributed by atoms with Crippen LogP contribution in [0.2, 0.25) is 0 Å². The molecule has 2 amide bonds. The van der Waals surface area contributed by atoms with E-state index in [4.69, 9.17) is 0 Å². The Morgan fingerprint density at radius 1 is 1.04 bits per heavy atom. The average Bonchev–Trinajstić information content (AvgIpc) is 3.23. The molecule has 1 unspecified atom stereocenters. The molecule has 28 heavy (non-hydrogen) atoms. The highest BCUT2D eigenvalue weighted by Gasteiger charge is 2.29. The monoisotopic (exact) mass is 407 g/mol. The van der Waals surface area contributed by atoms with Crippen molar-refractivity contribution in [3.8, 4) is 0 Å². The smallest absolute Gasteiger partial charge is 0.253 e. The largest absolute Gasteiger partial charge is 0.351 e. The number of nitrogens with one attached hydrogen (secondary N) is 1. The fourth-order valence-corrected chi connectivity index (χ4v) is 5.19. The third-order valence-corrected chi connectivity index (χ3v) is 7.30. The highest BCUT2D eigenvalue weighted by Crippen LogP contribution is 2.22. The first-order valence-electron chi connectivity index (χ1n) is 9.99. The Morgan fingerprint density at radius 3 is 2.29 bits per heavy atom. The van der Waals surface area contributed by atoms with E-state index in [1.54, 1.807) is 17.0 Å². The van der Waals surface area contributed by atoms with Gasteiger partial charge in [0, 0.05) is 43.7 Å². The number of benzene rings is 1. The fraction of sp³-hybridized carbons (Fsp3) is 0.600. The van der Waals surface area contributed by atoms with Crippen LogP contribution in [0.3, 0.4) is 0 Å². The van der Waals surface area contributed by atoms with Gasteiger partial charge in [-0.15, -0.1) is 0 Å². The van der Waals surface area contributed by atoms with Crippen molar-refractivity contribution in [2.45, 2.75) is 50.5 Å². The van der Waals surface area contributed by atoms with Gasteiger partial charge < -0.3 is 10.2 Å². The van der Waals surface area contributed by atoms with Gasteiger partial charge >= 0.3 is 0 Å². The minimum atomic E-state index is -3.48. The summed E-state index contributed by atoms with van der Waals surface area (Å²) in [6.07, 6.45) is 3.46. The van der Waals surface area contributed by atoms with E-state index >= 15 is 0 Å². The first kappa shape index (κ1) is 20.8. The summed E-state index contributed by atoms with van der Waals surface area (Å²) >= 11 is 0. The number of hydrogen-bond acceptors (Lipinski definition) is 4. The van der Waals surface area contributed by atoms with Gasteiger partial charge in [-0.2, -0.15) is 4.31 Å². The SMILES string of the molecule is CC(C)C(=O)NC1CCCN(C(=O)c2ccc(S(=O)(=O)N3CCCC3)cc2)C1. The molecule has 2 aliphatic rings. The molecule has 2 heterocycles. The average molecular weight is 408 g/mol. The van der Waals surface area contributed by atoms with Gasteiger partial charge in [0.05, 0.1) is 4.90 Å². The van der Waals surface area contributed by atoms with E-state index in [2.05, 4.69) is 5.32 Å². The van der Waals surface area contributed by atoms with Crippen LogP contribution in [0.25, 0.3) is 0 Å². The maximum absolute atomic E-state index is 12.8. The second-order valence-corrected chi connectivity index (χ2v) is 9.83. The Morgan fingerprint density at radius 2 is 1.68 bits per heavy atom. The topological polar surface area (TPSA) is 86.8 Å². The molecule has 2 aliphatic heterocycles. The molecule has 1 aromatic rings. The summed E-state index contributed by atoms with van der Waals surface area (Å²) in [5.74, 6) is -0.222. The molecule has 3 rings (SSSR count). The van der Waals surface area contributed by atoms with E-state index in [0.717, 1.165) is 25.7 Å². The molecule has 2 fully saturated rings. The van der Waals surface area contributed by atoms with E-state index in [9.17, 15) is 18.0 Å². The first-order chi connectivity index (χ1) is 13.3. The first-order valence-corrected chi connectivity index (χ1v) is 11.4. The van der Waals surface area contributed by atoms with Gasteiger partial charge in [0.25, 0.3) is 5.91 Å². The number of nitrogens with zero attached hydrogens (tertiary/aromatic N) is 2. The van der Waals surface area contributed by atoms with Crippen LogP contribution in [0.15, 0.2) is 29.2 Å². The minimum absolute atomic E-state index is 0.00392. The van der Waals surface area contributed by atoms with Crippen LogP contribution in [-0.2, 0) is 14.8 Å². The Kier molecular flexibility index (Phi) is 6.40. The third kappa shape index (κ3) is 4.55. The lowest BCUT2D eigenvalue weighted by Gasteiger charge is -2.33. The van der Waals surface area contributed by atoms with Crippen molar-refractivity contribution in [2.75, 3.05) is 26.2 Å². The van der Waals surface area contributed by atoms with E-state index in [-0.39, 0.29) is 28.7 Å². The van der Waals surface area contributed by atoms with E-state index in [1.165, 1.54) is 16.4 Å². The van der Waals surface area contributed by atoms with Crippen molar-refractivity contribution in [1.29, 1.82) is 0 Å². The quantitative estimate of drug-likeness (QED) is 0.807. The van der Waals surface area contributed by atoms with Crippen LogP contribution in [0.5, 0.6) is 0 Å². The molecule has 0 aliphatic carbocycles. The summed E-state index contributed by atoms with van der Waals surface area (Å²) < 4.78 is 26.7. The van der Waals surface area contributed by atoms with Crippen molar-refractivity contribution < 1.29 is 18.0 Å². The van der Waals surface area contributed by atoms with Crippen molar-refractivity contribution in [1.82, 2.24) is 14.5 Å². The number of piperidine rings is 1. The standard InChI is InChI=1S/C20H29N3O4S/c1-15(2)19(24)21-17-6-5-11-22(14-17)20(25)16-7-9-18(10-8-16)28(26,27)23-12-3-4-13-23/h7-10,15,17H,3-6,11-14H2,1-2H3,(H,21,24). The molecular formula is C20H29N3O4S. The number of amides is 2. The van der Waals surface area contributed by atoms with Crippen LogP contribution in [-0.4, -0.2) is 61.7 Å². The highest BCUT2D eigenvalue weighted by molar-refractivity contribution is 7.89. The number of rotatable bonds is 5. The minimum Gasteiger partial charge on any atom is -0.351 e. The number of hydrogen-bond donors (Lipinski definition) is 1. The summed E-state index contributed by atoms with van der Waals surface area (Å²) in [5.41, 5.74) is 0.469. The van der Waals surface area contributed by atoms with Crippen LogP contribution >= 0.6 is 0 Å². The second kappa shape index (κ2) is 8.61. The molecule has 8 heteroatoms. The molecule has 0 radical (unpaired) electrons. The van der Waals surface area contributed by atoms with Crippen LogP contribution in [0.4, 0.5) is 0 Å². The van der Waals surface area contributed by atoms with E-state index in [0.29, 0.717) is 31.7 Å². The van der Waals surface area contributed by atoms with Gasteiger partial charge in [0.2, 0.25) is 15.9 Å². The predicted molar refractivity (Wildman–Crippen MR) is 106 cm³/mol. The zero-order chi connectivity index (χ0) is 20.3. The molecule has 7 nitrogen and oxygen atoms in total. The highest BCUT2D eigenvalue weighted by atomic mass is 32.2. The van der Waals surface area contributed by atoms with Gasteiger partial charge in [-0.05, 0) is 49.9 Å². The molecule has 0 aromatic heterocycles. The summed E-state index contributed by atoms with van der Waals surface area (Å²) in [5, 5.41) is 3.00. The Hall–Kier alpha value is -1.93. The third-order valence-electron chi connectivity index (χ3n) is 5.38. The van der Waals surface area contributed by atoms with Crippen molar-refractivity contribution in [3.63, 3.8) is 0 Å². The van der Waals surface area contributed by atoms with Crippen LogP contribution in [0, 0.1) is 5.92 Å². The summed E-state index contributed by atoms with van der Waals surface area (Å²) in [6.45, 7) is 5.92. The molecule has 1 atom stereocenters. The maximum Gasteiger partial charge on any atom is 0.253 e. The number of likely N-dealkylation sites (tertiary alicyclic amines) is 1. The Bertz CT molecular complexity index is 814. The molecule has 1 aromatic carbocycles. The van der Waals surface area contributed by atoms with E-state index < -0.39 is 10.0 Å². The maximum atomic E-state index is 12.8. The zero-order valence-corrected chi connectivity index (χ0v) is 17.4. The predicted octanol–water partition coefficient (Wildman–Crippen LogP) is 1.85. The molecule has 2 saturated heterocycles. The Labute approximate surface area is 167 Å². The van der Waals surface area contributed by atoms with Gasteiger partial charge in [-0.25, -0.2) is 8.42 Å². The van der Waals surface area contributed by atoms with Gasteiger partial charge in [0.15, 0.2) is 0 Å². The number of carbonyl (C=O) groups is 2. The van der Waals surface area contributed by atoms with Gasteiger partial charge in [-0.1, -0.05) is 13.8 Å². The van der Waals surface area contributed by atoms with Gasteiger partial charge in [-0.3, -0.25) is 9.59 Å². The molecule has 154 valence electrons. The number of sulfonamides is 1. The molecule has 0 spiro atoms. The fourth-order valence-electron chi connectivity index (χ4n) is 3.68. The molecule has 1 N–H and O–H groups in total. The number of carbonyl (C=O) groups excluding carboxylic acids is 2. The van der Waals surface area contributed by atoms with Crippen LogP contribution in [0.1, 0.15) is 49.9 Å². The summed E-state index contributed by atoms with van der Waals surface area (Å²) in [6, 6.07) is 6.16. The van der Waals surface area contributed by atoms with Gasteiger partial charge in [0.1, 0.15) is 0 Å². The zero-order valence-electron chi connectivity index (χ0n) is 16.6.